The van der Waals surface area contributed by atoms with E-state index in [2.05, 4.69) is 10.6 Å². The fraction of sp³-hybridized carbons (Fsp3) is 0.500. The van der Waals surface area contributed by atoms with Gasteiger partial charge in [-0.05, 0) is 61.7 Å². The first-order valence-electron chi connectivity index (χ1n) is 12.0. The highest BCUT2D eigenvalue weighted by molar-refractivity contribution is 5.84. The van der Waals surface area contributed by atoms with Crippen molar-refractivity contribution in [1.29, 1.82) is 0 Å². The molecule has 3 aliphatic rings. The van der Waals surface area contributed by atoms with Crippen molar-refractivity contribution in [3.63, 3.8) is 0 Å². The molecular formula is C26H32N2O5. The van der Waals surface area contributed by atoms with Gasteiger partial charge < -0.3 is 24.3 Å². The molecule has 5 rings (SSSR count). The zero-order valence-corrected chi connectivity index (χ0v) is 18.8. The minimum atomic E-state index is -0.511. The van der Waals surface area contributed by atoms with Gasteiger partial charge in [0.05, 0.1) is 19.3 Å². The molecule has 2 aromatic rings. The second-order valence-corrected chi connectivity index (χ2v) is 9.12. The van der Waals surface area contributed by atoms with E-state index in [9.17, 15) is 4.79 Å². The van der Waals surface area contributed by atoms with Gasteiger partial charge in [0, 0.05) is 5.69 Å². The van der Waals surface area contributed by atoms with Gasteiger partial charge in [-0.15, -0.1) is 0 Å². The van der Waals surface area contributed by atoms with E-state index in [0.29, 0.717) is 24.7 Å². The Morgan fingerprint density at radius 1 is 0.879 bits per heavy atom. The molecule has 0 aromatic heterocycles. The molecule has 1 saturated carbocycles. The molecule has 2 N–H and O–H groups in total. The van der Waals surface area contributed by atoms with E-state index in [0.717, 1.165) is 18.2 Å². The van der Waals surface area contributed by atoms with Crippen LogP contribution in [0.15, 0.2) is 54.6 Å². The number of rotatable bonds is 7. The highest BCUT2D eigenvalue weighted by Gasteiger charge is 2.49. The molecule has 3 fully saturated rings. The summed E-state index contributed by atoms with van der Waals surface area (Å²) in [5.41, 5.74) is 0.634. The molecule has 2 heterocycles. The van der Waals surface area contributed by atoms with Crippen LogP contribution in [0.25, 0.3) is 0 Å². The number of fused-ring (bicyclic) bond motifs is 1. The summed E-state index contributed by atoms with van der Waals surface area (Å²) in [6, 6.07) is 16.9. The summed E-state index contributed by atoms with van der Waals surface area (Å²) in [4.78, 5) is 12.5. The number of carbonyl (C=O) groups is 1. The second kappa shape index (κ2) is 10.5. The minimum absolute atomic E-state index is 0.0687. The van der Waals surface area contributed by atoms with Crippen LogP contribution in [0.4, 0.5) is 10.5 Å². The SMILES string of the molecule is O=C(Nc1ccc(Oc2ccccc2)cc1)O[C@@H]1CO[C@H]2[C@@H]1OC[C@@H]2NCC1CCCCC1. The number of carbonyl (C=O) groups excluding carboxylic acids is 1. The molecule has 2 aliphatic heterocycles. The van der Waals surface area contributed by atoms with Crippen LogP contribution in [0.3, 0.4) is 0 Å². The Balaban J connectivity index is 1.07. The third-order valence-corrected chi connectivity index (χ3v) is 6.74. The van der Waals surface area contributed by atoms with Gasteiger partial charge >= 0.3 is 6.09 Å². The Kier molecular flexibility index (Phi) is 7.09. The van der Waals surface area contributed by atoms with Crippen molar-refractivity contribution in [2.45, 2.75) is 56.5 Å². The molecule has 33 heavy (non-hydrogen) atoms. The van der Waals surface area contributed by atoms with Crippen LogP contribution in [-0.2, 0) is 14.2 Å². The Labute approximate surface area is 194 Å². The van der Waals surface area contributed by atoms with Crippen LogP contribution in [0.2, 0.25) is 0 Å². The quantitative estimate of drug-likeness (QED) is 0.632. The van der Waals surface area contributed by atoms with Crippen LogP contribution in [0.1, 0.15) is 32.1 Å². The monoisotopic (exact) mass is 452 g/mol. The first-order valence-corrected chi connectivity index (χ1v) is 12.0. The first kappa shape index (κ1) is 22.2. The van der Waals surface area contributed by atoms with E-state index < -0.39 is 12.2 Å². The van der Waals surface area contributed by atoms with E-state index >= 15 is 0 Å². The van der Waals surface area contributed by atoms with E-state index in [1.165, 1.54) is 32.1 Å². The maximum atomic E-state index is 12.5. The first-order chi connectivity index (χ1) is 16.2. The number of amides is 1. The highest BCUT2D eigenvalue weighted by Crippen LogP contribution is 2.30. The molecule has 4 atom stereocenters. The number of benzene rings is 2. The predicted molar refractivity (Wildman–Crippen MR) is 125 cm³/mol. The van der Waals surface area contributed by atoms with Crippen molar-refractivity contribution in [3.05, 3.63) is 54.6 Å². The average molecular weight is 453 g/mol. The largest absolute Gasteiger partial charge is 0.457 e. The lowest BCUT2D eigenvalue weighted by Crippen LogP contribution is -2.43. The summed E-state index contributed by atoms with van der Waals surface area (Å²) < 4.78 is 23.3. The molecule has 1 aliphatic carbocycles. The van der Waals surface area contributed by atoms with Crippen molar-refractivity contribution >= 4 is 11.8 Å². The van der Waals surface area contributed by atoms with Crippen molar-refractivity contribution in [3.8, 4) is 11.5 Å². The van der Waals surface area contributed by atoms with Gasteiger partial charge in [0.2, 0.25) is 0 Å². The summed E-state index contributed by atoms with van der Waals surface area (Å²) in [7, 11) is 0. The Morgan fingerprint density at radius 2 is 1.61 bits per heavy atom. The molecule has 0 unspecified atom stereocenters. The number of hydrogen-bond acceptors (Lipinski definition) is 6. The Bertz CT molecular complexity index is 901. The van der Waals surface area contributed by atoms with E-state index in [-0.39, 0.29) is 18.2 Å². The summed E-state index contributed by atoms with van der Waals surface area (Å²) in [6.45, 7) is 1.96. The third kappa shape index (κ3) is 5.66. The molecule has 7 heteroatoms. The number of nitrogens with one attached hydrogen (secondary N) is 2. The van der Waals surface area contributed by atoms with Gasteiger partial charge in [0.15, 0.2) is 6.10 Å². The highest BCUT2D eigenvalue weighted by atomic mass is 16.6. The lowest BCUT2D eigenvalue weighted by atomic mass is 9.89. The zero-order chi connectivity index (χ0) is 22.5. The Morgan fingerprint density at radius 3 is 2.39 bits per heavy atom. The summed E-state index contributed by atoms with van der Waals surface area (Å²) in [5, 5.41) is 6.42. The fourth-order valence-corrected chi connectivity index (χ4v) is 4.97. The summed E-state index contributed by atoms with van der Waals surface area (Å²) >= 11 is 0. The smallest absolute Gasteiger partial charge is 0.412 e. The van der Waals surface area contributed by atoms with Gasteiger partial charge in [-0.1, -0.05) is 37.5 Å². The van der Waals surface area contributed by atoms with E-state index in [1.807, 2.05) is 30.3 Å². The predicted octanol–water partition coefficient (Wildman–Crippen LogP) is 4.73. The molecule has 0 bridgehead atoms. The summed E-state index contributed by atoms with van der Waals surface area (Å²) in [5.74, 6) is 2.20. The normalized spacial score (nSPS) is 27.2. The number of hydrogen-bond donors (Lipinski definition) is 2. The second-order valence-electron chi connectivity index (χ2n) is 9.12. The lowest BCUT2D eigenvalue weighted by Gasteiger charge is -2.25. The maximum absolute atomic E-state index is 12.5. The zero-order valence-electron chi connectivity index (χ0n) is 18.8. The van der Waals surface area contributed by atoms with Crippen LogP contribution in [-0.4, -0.2) is 50.2 Å². The van der Waals surface area contributed by atoms with E-state index in [1.54, 1.807) is 24.3 Å². The van der Waals surface area contributed by atoms with Gasteiger partial charge in [0.1, 0.15) is 23.7 Å². The molecule has 2 aromatic carbocycles. The van der Waals surface area contributed by atoms with Crippen molar-refractivity contribution in [2.24, 2.45) is 5.92 Å². The molecule has 0 spiro atoms. The average Bonchev–Trinajstić information content (AvgIpc) is 3.43. The lowest BCUT2D eigenvalue weighted by molar-refractivity contribution is 0.00850. The van der Waals surface area contributed by atoms with Crippen molar-refractivity contribution in [2.75, 3.05) is 25.1 Å². The molecule has 1 amide bonds. The molecular weight excluding hydrogens is 420 g/mol. The number of anilines is 1. The fourth-order valence-electron chi connectivity index (χ4n) is 4.97. The standard InChI is InChI=1S/C26H32N2O5/c29-26(28-19-11-13-21(14-12-19)32-20-9-5-2-6-10-20)33-23-17-31-24-22(16-30-25(23)24)27-15-18-7-3-1-4-8-18/h2,5-6,9-14,18,22-25,27H,1,3-4,7-8,15-17H2,(H,28,29)/t22-,23+,24+,25+/m0/s1. The Hall–Kier alpha value is -2.61. The third-order valence-electron chi connectivity index (χ3n) is 6.74. The summed E-state index contributed by atoms with van der Waals surface area (Å²) in [6.07, 6.45) is 5.45. The molecule has 0 radical (unpaired) electrons. The molecule has 7 nitrogen and oxygen atoms in total. The molecule has 2 saturated heterocycles. The van der Waals surface area contributed by atoms with E-state index in [4.69, 9.17) is 18.9 Å². The topological polar surface area (TPSA) is 78.1 Å². The van der Waals surface area contributed by atoms with Crippen LogP contribution in [0, 0.1) is 5.92 Å². The van der Waals surface area contributed by atoms with Crippen LogP contribution in [0.5, 0.6) is 11.5 Å². The number of ether oxygens (including phenoxy) is 4. The molecule has 176 valence electrons. The van der Waals surface area contributed by atoms with Gasteiger partial charge in [-0.25, -0.2) is 4.79 Å². The van der Waals surface area contributed by atoms with Gasteiger partial charge in [-0.3, -0.25) is 5.32 Å². The van der Waals surface area contributed by atoms with Crippen LogP contribution < -0.4 is 15.4 Å². The van der Waals surface area contributed by atoms with Crippen molar-refractivity contribution < 1.29 is 23.7 Å². The minimum Gasteiger partial charge on any atom is -0.457 e. The van der Waals surface area contributed by atoms with Gasteiger partial charge in [-0.2, -0.15) is 0 Å². The van der Waals surface area contributed by atoms with Crippen molar-refractivity contribution in [1.82, 2.24) is 5.32 Å². The van der Waals surface area contributed by atoms with Gasteiger partial charge in [0.25, 0.3) is 0 Å². The maximum Gasteiger partial charge on any atom is 0.412 e. The number of para-hydroxylation sites is 1. The van der Waals surface area contributed by atoms with Crippen LogP contribution >= 0.6 is 0 Å².